The lowest BCUT2D eigenvalue weighted by molar-refractivity contribution is 0.0502. The molecule has 0 radical (unpaired) electrons. The van der Waals surface area contributed by atoms with Gasteiger partial charge in [0.2, 0.25) is 0 Å². The average Bonchev–Trinajstić information content (AvgIpc) is 3.17. The van der Waals surface area contributed by atoms with E-state index in [2.05, 4.69) is 0 Å². The van der Waals surface area contributed by atoms with Gasteiger partial charge in [-0.1, -0.05) is 72.8 Å². The lowest BCUT2D eigenvalue weighted by atomic mass is 10.1. The van der Waals surface area contributed by atoms with Gasteiger partial charge in [-0.15, -0.1) is 0 Å². The molecule has 0 spiro atoms. The van der Waals surface area contributed by atoms with Gasteiger partial charge in [-0.2, -0.15) is 0 Å². The van der Waals surface area contributed by atoms with E-state index in [0.29, 0.717) is 12.2 Å². The second-order valence-electron chi connectivity index (χ2n) is 10.9. The molecule has 6 aromatic carbocycles. The average molecular weight is 697 g/mol. The van der Waals surface area contributed by atoms with Crippen molar-refractivity contribution in [3.05, 3.63) is 186 Å². The van der Waals surface area contributed by atoms with E-state index in [-0.39, 0.29) is 51.9 Å². The number of benzene rings is 6. The monoisotopic (exact) mass is 696 g/mol. The maximum atomic E-state index is 12.4. The molecule has 0 aliphatic rings. The molecule has 6 aromatic rings. The largest absolute Gasteiger partial charge is 0.508 e. The number of hydrogen-bond donors (Lipinski definition) is 2. The molecule has 0 aromatic heterocycles. The Kier molecular flexibility index (Phi) is 12.5. The number of hydrogen-bond acceptors (Lipinski definition) is 10. The van der Waals surface area contributed by atoms with Crippen molar-refractivity contribution < 1.29 is 48.3 Å². The zero-order valence-electron chi connectivity index (χ0n) is 27.6. The van der Waals surface area contributed by atoms with Crippen molar-refractivity contribution in [3.63, 3.8) is 0 Å². The van der Waals surface area contributed by atoms with Crippen molar-refractivity contribution in [1.82, 2.24) is 0 Å². The molecule has 0 unspecified atom stereocenters. The molecular formula is C42H32O10. The number of para-hydroxylation sites is 3. The molecule has 0 heterocycles. The molecule has 2 N–H and O–H groups in total. The zero-order valence-corrected chi connectivity index (χ0v) is 27.6. The normalized spacial score (nSPS) is 10.2. The Labute approximate surface area is 299 Å². The summed E-state index contributed by atoms with van der Waals surface area (Å²) in [5, 5.41) is 18.6. The van der Waals surface area contributed by atoms with E-state index in [0.717, 1.165) is 5.56 Å². The predicted octanol–water partition coefficient (Wildman–Crippen LogP) is 7.84. The molecule has 0 amide bonds. The summed E-state index contributed by atoms with van der Waals surface area (Å²) in [5.41, 5.74) is 1.90. The number of carbonyl (C=O) groups is 4. The third kappa shape index (κ3) is 10.4. The highest BCUT2D eigenvalue weighted by Crippen LogP contribution is 2.23. The van der Waals surface area contributed by atoms with Gasteiger partial charge in [0.1, 0.15) is 39.9 Å². The van der Waals surface area contributed by atoms with Crippen LogP contribution in [0.5, 0.6) is 28.7 Å². The Morgan fingerprint density at radius 1 is 0.423 bits per heavy atom. The summed E-state index contributed by atoms with van der Waals surface area (Å²) in [6.07, 6.45) is 0.599. The predicted molar refractivity (Wildman–Crippen MR) is 191 cm³/mol. The van der Waals surface area contributed by atoms with Crippen molar-refractivity contribution in [2.45, 2.75) is 6.42 Å². The number of carbonyl (C=O) groups excluding carboxylic acids is 4. The van der Waals surface area contributed by atoms with Crippen molar-refractivity contribution in [2.24, 2.45) is 0 Å². The third-order valence-corrected chi connectivity index (χ3v) is 7.25. The van der Waals surface area contributed by atoms with E-state index in [9.17, 15) is 29.4 Å². The van der Waals surface area contributed by atoms with Gasteiger partial charge in [0, 0.05) is 6.42 Å². The molecule has 0 saturated carbocycles. The summed E-state index contributed by atoms with van der Waals surface area (Å²) in [6.45, 7) is 0.225. The van der Waals surface area contributed by atoms with Gasteiger partial charge in [0.15, 0.2) is 0 Å². The van der Waals surface area contributed by atoms with Crippen molar-refractivity contribution in [1.29, 1.82) is 0 Å². The summed E-state index contributed by atoms with van der Waals surface area (Å²) in [5.74, 6) is -1.73. The molecule has 10 nitrogen and oxygen atoms in total. The second-order valence-corrected chi connectivity index (χ2v) is 10.9. The Bertz CT molecular complexity index is 2110. The summed E-state index contributed by atoms with van der Waals surface area (Å²) >= 11 is 0. The van der Waals surface area contributed by atoms with Crippen molar-refractivity contribution in [3.8, 4) is 28.7 Å². The molecule has 0 aliphatic carbocycles. The summed E-state index contributed by atoms with van der Waals surface area (Å²) in [6, 6.07) is 42.4. The highest BCUT2D eigenvalue weighted by Gasteiger charge is 2.19. The summed E-state index contributed by atoms with van der Waals surface area (Å²) in [4.78, 5) is 49.2. The first-order valence-corrected chi connectivity index (χ1v) is 16.0. The Morgan fingerprint density at radius 3 is 1.35 bits per heavy atom. The molecule has 0 saturated heterocycles. The molecule has 260 valence electrons. The molecule has 0 bridgehead atoms. The molecule has 0 atom stereocenters. The first-order chi connectivity index (χ1) is 25.3. The van der Waals surface area contributed by atoms with Crippen LogP contribution >= 0.6 is 0 Å². The quantitative estimate of drug-likeness (QED) is 0.107. The van der Waals surface area contributed by atoms with E-state index >= 15 is 0 Å². The van der Waals surface area contributed by atoms with Gasteiger partial charge in [0.25, 0.3) is 0 Å². The van der Waals surface area contributed by atoms with Crippen LogP contribution in [0, 0.1) is 0 Å². The van der Waals surface area contributed by atoms with Gasteiger partial charge in [-0.3, -0.25) is 0 Å². The smallest absolute Gasteiger partial charge is 0.347 e. The highest BCUT2D eigenvalue weighted by molar-refractivity contribution is 5.97. The van der Waals surface area contributed by atoms with E-state index in [1.54, 1.807) is 54.6 Å². The fourth-order valence-electron chi connectivity index (χ4n) is 4.60. The van der Waals surface area contributed by atoms with Crippen LogP contribution in [0.1, 0.15) is 47.0 Å². The fraction of sp³-hybridized carbons (Fsp3) is 0.0476. The van der Waals surface area contributed by atoms with Crippen LogP contribution in [0.3, 0.4) is 0 Å². The van der Waals surface area contributed by atoms with Gasteiger partial charge in [-0.05, 0) is 90.5 Å². The maximum absolute atomic E-state index is 12.4. The van der Waals surface area contributed by atoms with Crippen LogP contribution in [0.15, 0.2) is 158 Å². The minimum absolute atomic E-state index is 0.0448. The Hall–Kier alpha value is -7.20. The molecule has 0 aliphatic heterocycles. The van der Waals surface area contributed by atoms with E-state index < -0.39 is 23.9 Å². The van der Waals surface area contributed by atoms with E-state index in [1.807, 2.05) is 36.4 Å². The highest BCUT2D eigenvalue weighted by atomic mass is 16.6. The second kappa shape index (κ2) is 18.0. The molecule has 10 heteroatoms. The number of phenolic OH excluding ortho intramolecular Hbond substituents is 2. The number of esters is 4. The van der Waals surface area contributed by atoms with Gasteiger partial charge < -0.3 is 29.2 Å². The number of rotatable bonds is 10. The molecule has 0 fully saturated rings. The van der Waals surface area contributed by atoms with Crippen molar-refractivity contribution in [2.75, 3.05) is 6.61 Å². The SMILES string of the molecule is O=C(Oc1ccccc1C(=O)OCCc1ccccc1)c1ccc(O)cc1.O=C(Oc1ccccc1C(=O)Oc1ccccc1)c1ccc(O)cc1. The summed E-state index contributed by atoms with van der Waals surface area (Å²) in [7, 11) is 0. The minimum Gasteiger partial charge on any atom is -0.508 e. The fourth-order valence-corrected chi connectivity index (χ4v) is 4.60. The van der Waals surface area contributed by atoms with Crippen LogP contribution in [0.25, 0.3) is 0 Å². The van der Waals surface area contributed by atoms with Gasteiger partial charge in [0.05, 0.1) is 17.7 Å². The number of phenols is 2. The molecule has 6 rings (SSSR count). The third-order valence-electron chi connectivity index (χ3n) is 7.25. The minimum atomic E-state index is -0.639. The first-order valence-electron chi connectivity index (χ1n) is 16.0. The van der Waals surface area contributed by atoms with E-state index in [4.69, 9.17) is 18.9 Å². The lowest BCUT2D eigenvalue weighted by Crippen LogP contribution is -2.14. The van der Waals surface area contributed by atoms with Gasteiger partial charge in [-0.25, -0.2) is 19.2 Å². The van der Waals surface area contributed by atoms with Crippen LogP contribution in [0.4, 0.5) is 0 Å². The van der Waals surface area contributed by atoms with Crippen LogP contribution < -0.4 is 14.2 Å². The standard InChI is InChI=1S/C22H18O5.C20H14O5/c23-18-12-10-17(11-13-18)21(24)27-20-9-5-4-8-19(20)22(25)26-15-14-16-6-2-1-3-7-16;21-15-12-10-14(11-13-15)19(22)25-18-9-5-4-8-17(18)20(23)24-16-6-2-1-3-7-16/h1-13,23H,14-15H2;1-13,21H. The zero-order chi connectivity index (χ0) is 36.7. The maximum Gasteiger partial charge on any atom is 0.347 e. The Balaban J connectivity index is 0.000000202. The van der Waals surface area contributed by atoms with Crippen molar-refractivity contribution >= 4 is 23.9 Å². The number of aromatic hydroxyl groups is 2. The lowest BCUT2D eigenvalue weighted by Gasteiger charge is -2.10. The summed E-state index contributed by atoms with van der Waals surface area (Å²) < 4.78 is 21.2. The first kappa shape index (κ1) is 36.1. The van der Waals surface area contributed by atoms with Crippen LogP contribution in [0.2, 0.25) is 0 Å². The van der Waals surface area contributed by atoms with Crippen LogP contribution in [-0.4, -0.2) is 40.7 Å². The topological polar surface area (TPSA) is 146 Å². The Morgan fingerprint density at radius 2 is 0.846 bits per heavy atom. The van der Waals surface area contributed by atoms with Gasteiger partial charge >= 0.3 is 23.9 Å². The number of ether oxygens (including phenoxy) is 4. The molecular weight excluding hydrogens is 664 g/mol. The van der Waals surface area contributed by atoms with E-state index in [1.165, 1.54) is 66.7 Å². The molecule has 52 heavy (non-hydrogen) atoms. The van der Waals surface area contributed by atoms with Crippen LogP contribution in [-0.2, 0) is 11.2 Å².